The number of aliphatic hydroxyl groups excluding tert-OH is 1. The monoisotopic (exact) mass is 254 g/mol. The van der Waals surface area contributed by atoms with Gasteiger partial charge in [0.1, 0.15) is 12.2 Å². The molecule has 0 saturated heterocycles. The van der Waals surface area contributed by atoms with E-state index in [0.29, 0.717) is 18.9 Å². The van der Waals surface area contributed by atoms with Gasteiger partial charge in [-0.2, -0.15) is 5.10 Å². The van der Waals surface area contributed by atoms with Crippen LogP contribution in [0.4, 0.5) is 0 Å². The minimum Gasteiger partial charge on any atom is -0.391 e. The first-order chi connectivity index (χ1) is 8.28. The molecule has 1 atom stereocenters. The van der Waals surface area contributed by atoms with Gasteiger partial charge in [0.05, 0.1) is 6.10 Å². The van der Waals surface area contributed by atoms with Gasteiger partial charge in [0.2, 0.25) is 0 Å². The van der Waals surface area contributed by atoms with E-state index in [9.17, 15) is 5.11 Å². The molecule has 0 aliphatic heterocycles. The van der Waals surface area contributed by atoms with Gasteiger partial charge in [0.25, 0.3) is 0 Å². The van der Waals surface area contributed by atoms with Gasteiger partial charge in [-0.15, -0.1) is 0 Å². The van der Waals surface area contributed by atoms with Crippen molar-refractivity contribution in [2.24, 2.45) is 5.92 Å². The molecule has 0 bridgehead atoms. The molecule has 1 heterocycles. The van der Waals surface area contributed by atoms with E-state index in [4.69, 9.17) is 0 Å². The number of hydrogen-bond acceptors (Lipinski definition) is 4. The predicted octanol–water partition coefficient (Wildman–Crippen LogP) is 1.23. The Bertz CT molecular complexity index is 354. The van der Waals surface area contributed by atoms with Crippen molar-refractivity contribution in [1.82, 2.24) is 20.1 Å². The molecule has 1 aromatic rings. The molecule has 1 rings (SSSR count). The Morgan fingerprint density at radius 1 is 1.39 bits per heavy atom. The molecule has 0 spiro atoms. The van der Waals surface area contributed by atoms with Crippen molar-refractivity contribution >= 4 is 0 Å². The molecule has 0 amide bonds. The summed E-state index contributed by atoms with van der Waals surface area (Å²) in [6.45, 7) is 11.9. The maximum atomic E-state index is 10.00. The maximum Gasteiger partial charge on any atom is 0.138 e. The van der Waals surface area contributed by atoms with Crippen LogP contribution >= 0.6 is 0 Å². The molecule has 0 aromatic carbocycles. The summed E-state index contributed by atoms with van der Waals surface area (Å²) < 4.78 is 1.88. The normalized spacial score (nSPS) is 14.2. The Morgan fingerprint density at radius 2 is 2.06 bits per heavy atom. The zero-order valence-corrected chi connectivity index (χ0v) is 12.1. The zero-order valence-electron chi connectivity index (χ0n) is 12.1. The quantitative estimate of drug-likeness (QED) is 0.801. The Labute approximate surface area is 110 Å². The smallest absolute Gasteiger partial charge is 0.138 e. The summed E-state index contributed by atoms with van der Waals surface area (Å²) in [5.74, 6) is 1.38. The van der Waals surface area contributed by atoms with Gasteiger partial charge in [-0.1, -0.05) is 13.8 Å². The fraction of sp³-hybridized carbons (Fsp3) is 0.846. The van der Waals surface area contributed by atoms with Crippen LogP contribution in [0.15, 0.2) is 6.33 Å². The van der Waals surface area contributed by atoms with Gasteiger partial charge < -0.3 is 10.4 Å². The van der Waals surface area contributed by atoms with Crippen molar-refractivity contribution in [1.29, 1.82) is 0 Å². The molecule has 0 aliphatic carbocycles. The average molecular weight is 254 g/mol. The molecule has 5 nitrogen and oxygen atoms in total. The third-order valence-electron chi connectivity index (χ3n) is 2.52. The van der Waals surface area contributed by atoms with Gasteiger partial charge in [0.15, 0.2) is 0 Å². The number of aromatic nitrogens is 3. The summed E-state index contributed by atoms with van der Waals surface area (Å²) in [5.41, 5.74) is 0.0204. The van der Waals surface area contributed by atoms with Gasteiger partial charge in [-0.3, -0.25) is 0 Å². The Hall–Kier alpha value is -0.940. The van der Waals surface area contributed by atoms with Gasteiger partial charge >= 0.3 is 0 Å². The van der Waals surface area contributed by atoms with Crippen LogP contribution in [0.3, 0.4) is 0 Å². The second-order valence-corrected chi connectivity index (χ2v) is 6.24. The van der Waals surface area contributed by atoms with E-state index in [-0.39, 0.29) is 5.54 Å². The summed E-state index contributed by atoms with van der Waals surface area (Å²) in [7, 11) is 0. The van der Waals surface area contributed by atoms with Crippen molar-refractivity contribution in [2.75, 3.05) is 6.54 Å². The lowest BCUT2D eigenvalue weighted by atomic mass is 10.1. The first-order valence-corrected chi connectivity index (χ1v) is 6.57. The average Bonchev–Trinajstić information content (AvgIpc) is 2.61. The van der Waals surface area contributed by atoms with Crippen LogP contribution in [0.25, 0.3) is 0 Å². The lowest BCUT2D eigenvalue weighted by molar-refractivity contribution is 0.157. The van der Waals surface area contributed by atoms with Crippen molar-refractivity contribution in [2.45, 2.75) is 59.2 Å². The Morgan fingerprint density at radius 3 is 2.61 bits per heavy atom. The van der Waals surface area contributed by atoms with Crippen molar-refractivity contribution < 1.29 is 5.11 Å². The van der Waals surface area contributed by atoms with Crippen LogP contribution in [0.5, 0.6) is 0 Å². The summed E-state index contributed by atoms with van der Waals surface area (Å²) in [6.07, 6.45) is 1.66. The third-order valence-corrected chi connectivity index (χ3v) is 2.52. The highest BCUT2D eigenvalue weighted by Crippen LogP contribution is 2.05. The summed E-state index contributed by atoms with van der Waals surface area (Å²) in [4.78, 5) is 4.22. The van der Waals surface area contributed by atoms with Gasteiger partial charge in [0, 0.05) is 25.0 Å². The number of rotatable bonds is 6. The first kappa shape index (κ1) is 15.1. The molecule has 5 heteroatoms. The fourth-order valence-electron chi connectivity index (χ4n) is 1.65. The first-order valence-electron chi connectivity index (χ1n) is 6.57. The van der Waals surface area contributed by atoms with Crippen molar-refractivity contribution in [3.8, 4) is 0 Å². The van der Waals surface area contributed by atoms with Crippen LogP contribution in [0.1, 0.15) is 40.4 Å². The molecule has 2 N–H and O–H groups in total. The lowest BCUT2D eigenvalue weighted by Gasteiger charge is -2.22. The molecule has 1 unspecified atom stereocenters. The summed E-state index contributed by atoms with van der Waals surface area (Å²) in [6, 6.07) is 0. The minimum absolute atomic E-state index is 0.0204. The SMILES string of the molecule is CC(C)Cn1ncnc1CC(O)CNC(C)(C)C. The fourth-order valence-corrected chi connectivity index (χ4v) is 1.65. The van der Waals surface area contributed by atoms with Crippen LogP contribution < -0.4 is 5.32 Å². The number of nitrogens with one attached hydrogen (secondary N) is 1. The highest BCUT2D eigenvalue weighted by molar-refractivity contribution is 4.89. The predicted molar refractivity (Wildman–Crippen MR) is 72.3 cm³/mol. The second-order valence-electron chi connectivity index (χ2n) is 6.24. The molecular weight excluding hydrogens is 228 g/mol. The highest BCUT2D eigenvalue weighted by atomic mass is 16.3. The molecule has 1 aromatic heterocycles. The van der Waals surface area contributed by atoms with E-state index in [1.807, 2.05) is 4.68 Å². The van der Waals surface area contributed by atoms with Crippen molar-refractivity contribution in [3.05, 3.63) is 12.2 Å². The van der Waals surface area contributed by atoms with E-state index in [1.165, 1.54) is 0 Å². The molecule has 0 radical (unpaired) electrons. The molecule has 0 saturated carbocycles. The topological polar surface area (TPSA) is 63.0 Å². The standard InChI is InChI=1S/C13H26N4O/c1-10(2)8-17-12(14-9-16-17)6-11(18)7-15-13(3,4)5/h9-11,15,18H,6-8H2,1-5H3. The van der Waals surface area contributed by atoms with E-state index < -0.39 is 6.10 Å². The van der Waals surface area contributed by atoms with Crippen LogP contribution in [0, 0.1) is 5.92 Å². The van der Waals surface area contributed by atoms with E-state index >= 15 is 0 Å². The van der Waals surface area contributed by atoms with Gasteiger partial charge in [-0.05, 0) is 26.7 Å². The van der Waals surface area contributed by atoms with Crippen LogP contribution in [0.2, 0.25) is 0 Å². The Kier molecular flexibility index (Phi) is 5.28. The van der Waals surface area contributed by atoms with Crippen LogP contribution in [-0.2, 0) is 13.0 Å². The van der Waals surface area contributed by atoms with E-state index in [1.54, 1.807) is 6.33 Å². The number of hydrogen-bond donors (Lipinski definition) is 2. The van der Waals surface area contributed by atoms with Crippen LogP contribution in [-0.4, -0.2) is 38.1 Å². The molecular formula is C13H26N4O. The second kappa shape index (κ2) is 6.29. The van der Waals surface area contributed by atoms with Crippen molar-refractivity contribution in [3.63, 3.8) is 0 Å². The van der Waals surface area contributed by atoms with Gasteiger partial charge in [-0.25, -0.2) is 9.67 Å². The number of nitrogens with zero attached hydrogens (tertiary/aromatic N) is 3. The summed E-state index contributed by atoms with van der Waals surface area (Å²) >= 11 is 0. The van der Waals surface area contributed by atoms with E-state index in [0.717, 1.165) is 12.4 Å². The number of aliphatic hydroxyl groups is 1. The largest absolute Gasteiger partial charge is 0.391 e. The van der Waals surface area contributed by atoms with E-state index in [2.05, 4.69) is 50.0 Å². The lowest BCUT2D eigenvalue weighted by Crippen LogP contribution is -2.41. The molecule has 104 valence electrons. The molecule has 0 aliphatic rings. The minimum atomic E-state index is -0.431. The maximum absolute atomic E-state index is 10.00. The third kappa shape index (κ3) is 5.60. The molecule has 0 fully saturated rings. The Balaban J connectivity index is 2.49. The summed E-state index contributed by atoms with van der Waals surface area (Å²) in [5, 5.41) is 17.5. The zero-order chi connectivity index (χ0) is 13.8. The number of β-amino-alcohol motifs (C(OH)–C–C–N with tert-alkyl or cyclic N) is 1. The highest BCUT2D eigenvalue weighted by Gasteiger charge is 2.15. The molecule has 18 heavy (non-hydrogen) atoms.